The van der Waals surface area contributed by atoms with E-state index in [0.717, 1.165) is 18.2 Å². The summed E-state index contributed by atoms with van der Waals surface area (Å²) in [6.07, 6.45) is -3.52. The molecule has 3 nitrogen and oxygen atoms in total. The normalized spacial score (nSPS) is 21.5. The highest BCUT2D eigenvalue weighted by Crippen LogP contribution is 2.35. The van der Waals surface area contributed by atoms with E-state index in [4.69, 9.17) is 5.26 Å². The van der Waals surface area contributed by atoms with E-state index in [2.05, 4.69) is 18.8 Å². The lowest BCUT2D eigenvalue weighted by Gasteiger charge is -2.25. The zero-order chi connectivity index (χ0) is 17.2. The largest absolute Gasteiger partial charge is 0.417 e. The van der Waals surface area contributed by atoms with Gasteiger partial charge in [-0.1, -0.05) is 32.0 Å². The number of halogens is 3. The van der Waals surface area contributed by atoms with E-state index in [0.29, 0.717) is 17.1 Å². The van der Waals surface area contributed by atoms with Crippen molar-refractivity contribution in [1.82, 2.24) is 4.90 Å². The van der Waals surface area contributed by atoms with Gasteiger partial charge in [0.2, 0.25) is 0 Å². The van der Waals surface area contributed by atoms with Gasteiger partial charge < -0.3 is 4.90 Å². The molecule has 0 N–H and O–H groups in total. The van der Waals surface area contributed by atoms with Gasteiger partial charge in [-0.05, 0) is 24.1 Å². The number of amidine groups is 1. The molecule has 2 atom stereocenters. The minimum Gasteiger partial charge on any atom is -0.350 e. The van der Waals surface area contributed by atoms with Gasteiger partial charge in [0, 0.05) is 18.8 Å². The van der Waals surface area contributed by atoms with E-state index in [1.807, 2.05) is 11.9 Å². The van der Waals surface area contributed by atoms with E-state index in [1.165, 1.54) is 12.1 Å². The molecule has 1 aliphatic rings. The van der Waals surface area contributed by atoms with E-state index >= 15 is 0 Å². The third kappa shape index (κ3) is 3.81. The van der Waals surface area contributed by atoms with Crippen LogP contribution in [0.4, 0.5) is 18.9 Å². The van der Waals surface area contributed by atoms with Crippen LogP contribution in [0.25, 0.3) is 0 Å². The maximum absolute atomic E-state index is 13.0. The molecular weight excluding hydrogens is 323 g/mol. The standard InChI is InChI=1S/C16H18F3N3S/c1-4-10(2)14-9-23-15(22(14)3)21-12-6-5-11(8-20)13(7-12)16(17,18)19/h5-7,10,14H,4,9H2,1-3H3. The van der Waals surface area contributed by atoms with Crippen molar-refractivity contribution >= 4 is 22.6 Å². The van der Waals surface area contributed by atoms with Crippen LogP contribution in [0.2, 0.25) is 0 Å². The molecule has 1 heterocycles. The molecule has 0 radical (unpaired) electrons. The lowest BCUT2D eigenvalue weighted by atomic mass is 10.0. The molecule has 1 aliphatic heterocycles. The predicted octanol–water partition coefficient (Wildman–Crippen LogP) is 4.66. The van der Waals surface area contributed by atoms with Gasteiger partial charge in [-0.25, -0.2) is 4.99 Å². The summed E-state index contributed by atoms with van der Waals surface area (Å²) in [5.41, 5.74) is -1.10. The first kappa shape index (κ1) is 17.7. The molecule has 1 aromatic carbocycles. The molecule has 7 heteroatoms. The van der Waals surface area contributed by atoms with Crippen LogP contribution >= 0.6 is 11.8 Å². The van der Waals surface area contributed by atoms with Crippen molar-refractivity contribution < 1.29 is 13.2 Å². The van der Waals surface area contributed by atoms with Crippen molar-refractivity contribution in [3.05, 3.63) is 29.3 Å². The summed E-state index contributed by atoms with van der Waals surface area (Å²) in [4.78, 5) is 6.38. The Balaban J connectivity index is 2.32. The molecule has 0 aromatic heterocycles. The Morgan fingerprint density at radius 1 is 1.48 bits per heavy atom. The van der Waals surface area contributed by atoms with Gasteiger partial charge in [-0.3, -0.25) is 0 Å². The number of hydrogen-bond acceptors (Lipinski definition) is 3. The monoisotopic (exact) mass is 341 g/mol. The molecule has 1 aromatic rings. The predicted molar refractivity (Wildman–Crippen MR) is 86.7 cm³/mol. The van der Waals surface area contributed by atoms with Crippen LogP contribution in [-0.4, -0.2) is 28.9 Å². The van der Waals surface area contributed by atoms with Crippen molar-refractivity contribution in [1.29, 1.82) is 5.26 Å². The van der Waals surface area contributed by atoms with Crippen molar-refractivity contribution in [2.24, 2.45) is 10.9 Å². The van der Waals surface area contributed by atoms with Gasteiger partial charge in [0.05, 0.1) is 22.9 Å². The number of nitrogens with zero attached hydrogens (tertiary/aromatic N) is 3. The Morgan fingerprint density at radius 3 is 2.74 bits per heavy atom. The fourth-order valence-corrected chi connectivity index (χ4v) is 3.87. The zero-order valence-electron chi connectivity index (χ0n) is 13.2. The molecular formula is C16H18F3N3S. The van der Waals surface area contributed by atoms with Crippen molar-refractivity contribution in [2.45, 2.75) is 32.5 Å². The van der Waals surface area contributed by atoms with Crippen LogP contribution in [0, 0.1) is 17.2 Å². The van der Waals surface area contributed by atoms with Crippen molar-refractivity contribution in [3.63, 3.8) is 0 Å². The lowest BCUT2D eigenvalue weighted by molar-refractivity contribution is -0.137. The fourth-order valence-electron chi connectivity index (χ4n) is 2.49. The first-order chi connectivity index (χ1) is 10.8. The van der Waals surface area contributed by atoms with Crippen LogP contribution in [-0.2, 0) is 6.18 Å². The molecule has 0 saturated carbocycles. The summed E-state index contributed by atoms with van der Waals surface area (Å²) < 4.78 is 39.0. The lowest BCUT2D eigenvalue weighted by Crippen LogP contribution is -2.34. The summed E-state index contributed by atoms with van der Waals surface area (Å²) >= 11 is 1.55. The number of rotatable bonds is 3. The second-order valence-corrected chi connectivity index (χ2v) is 6.60. The first-order valence-corrected chi connectivity index (χ1v) is 8.32. The highest BCUT2D eigenvalue weighted by atomic mass is 32.2. The minimum atomic E-state index is -4.56. The second-order valence-electron chi connectivity index (χ2n) is 5.61. The molecule has 23 heavy (non-hydrogen) atoms. The average Bonchev–Trinajstić information content (AvgIpc) is 2.86. The van der Waals surface area contributed by atoms with Gasteiger partial charge in [-0.2, -0.15) is 18.4 Å². The number of nitriles is 1. The topological polar surface area (TPSA) is 39.4 Å². The summed E-state index contributed by atoms with van der Waals surface area (Å²) in [5, 5.41) is 9.54. The van der Waals surface area contributed by atoms with Crippen LogP contribution < -0.4 is 0 Å². The van der Waals surface area contributed by atoms with Gasteiger partial charge in [0.1, 0.15) is 0 Å². The van der Waals surface area contributed by atoms with Gasteiger partial charge in [0.15, 0.2) is 5.17 Å². The molecule has 1 saturated heterocycles. The van der Waals surface area contributed by atoms with Crippen LogP contribution in [0.3, 0.4) is 0 Å². The average molecular weight is 341 g/mol. The molecule has 1 fully saturated rings. The first-order valence-electron chi connectivity index (χ1n) is 7.33. The number of benzene rings is 1. The Kier molecular flexibility index (Phi) is 5.25. The Bertz CT molecular complexity index is 649. The zero-order valence-corrected chi connectivity index (χ0v) is 14.0. The Hall–Kier alpha value is -1.68. The van der Waals surface area contributed by atoms with Crippen molar-refractivity contribution in [2.75, 3.05) is 12.8 Å². The second kappa shape index (κ2) is 6.83. The number of thioether (sulfide) groups is 1. The maximum Gasteiger partial charge on any atom is 0.417 e. The summed E-state index contributed by atoms with van der Waals surface area (Å²) in [6, 6.07) is 5.48. The Morgan fingerprint density at radius 2 is 2.17 bits per heavy atom. The molecule has 0 aliphatic carbocycles. The van der Waals surface area contributed by atoms with Gasteiger partial charge in [0.25, 0.3) is 0 Å². The number of alkyl halides is 3. The van der Waals surface area contributed by atoms with Gasteiger partial charge in [-0.15, -0.1) is 0 Å². The van der Waals surface area contributed by atoms with Crippen LogP contribution in [0.15, 0.2) is 23.2 Å². The van der Waals surface area contributed by atoms with E-state index in [-0.39, 0.29) is 11.3 Å². The smallest absolute Gasteiger partial charge is 0.350 e. The molecule has 0 bridgehead atoms. The summed E-state index contributed by atoms with van der Waals surface area (Å²) in [5.74, 6) is 1.37. The van der Waals surface area contributed by atoms with Gasteiger partial charge >= 0.3 is 6.18 Å². The maximum atomic E-state index is 13.0. The third-order valence-electron chi connectivity index (χ3n) is 4.14. The highest BCUT2D eigenvalue weighted by molar-refractivity contribution is 8.14. The summed E-state index contributed by atoms with van der Waals surface area (Å²) in [7, 11) is 1.92. The van der Waals surface area contributed by atoms with E-state index < -0.39 is 11.7 Å². The molecule has 0 amide bonds. The number of aliphatic imine (C=N–C) groups is 1. The van der Waals surface area contributed by atoms with E-state index in [1.54, 1.807) is 17.8 Å². The molecule has 0 spiro atoms. The van der Waals surface area contributed by atoms with Crippen LogP contribution in [0.5, 0.6) is 0 Å². The minimum absolute atomic E-state index is 0.218. The fraction of sp³-hybridized carbons (Fsp3) is 0.500. The number of hydrogen-bond donors (Lipinski definition) is 0. The molecule has 2 unspecified atom stereocenters. The molecule has 2 rings (SSSR count). The molecule has 124 valence electrons. The SMILES string of the molecule is CCC(C)C1CSC(=Nc2ccc(C#N)c(C(F)(F)F)c2)N1C. The summed E-state index contributed by atoms with van der Waals surface area (Å²) in [6.45, 7) is 4.28. The highest BCUT2D eigenvalue weighted by Gasteiger charge is 2.34. The third-order valence-corrected chi connectivity index (χ3v) is 5.28. The van der Waals surface area contributed by atoms with Crippen LogP contribution in [0.1, 0.15) is 31.4 Å². The Labute approximate surface area is 138 Å². The van der Waals surface area contributed by atoms with Crippen molar-refractivity contribution in [3.8, 4) is 6.07 Å². The quantitative estimate of drug-likeness (QED) is 0.803. The van der Waals surface area contributed by atoms with E-state index in [9.17, 15) is 13.2 Å².